The van der Waals surface area contributed by atoms with E-state index in [9.17, 15) is 0 Å². The quantitative estimate of drug-likeness (QED) is 0.623. The van der Waals surface area contributed by atoms with Gasteiger partial charge in [-0.05, 0) is 19.8 Å². The van der Waals surface area contributed by atoms with Crippen molar-refractivity contribution in [2.45, 2.75) is 44.6 Å². The third-order valence-electron chi connectivity index (χ3n) is 2.84. The van der Waals surface area contributed by atoms with Gasteiger partial charge >= 0.3 is 0 Å². The zero-order valence-electron chi connectivity index (χ0n) is 7.14. The summed E-state index contributed by atoms with van der Waals surface area (Å²) in [5.41, 5.74) is 5.92. The van der Waals surface area contributed by atoms with Gasteiger partial charge in [-0.2, -0.15) is 5.26 Å². The fraction of sp³-hybridized carbons (Fsp3) is 0.889. The standard InChI is InChI=1S/C9H16N2/c1-8(7-10)9(11)5-3-2-4-6-9/h8H,2-6,11H2,1H3. The molecule has 1 aliphatic rings. The minimum atomic E-state index is -0.174. The van der Waals surface area contributed by atoms with E-state index < -0.39 is 0 Å². The molecular weight excluding hydrogens is 136 g/mol. The van der Waals surface area contributed by atoms with Crippen LogP contribution in [0.25, 0.3) is 0 Å². The third kappa shape index (κ3) is 1.72. The normalized spacial score (nSPS) is 25.5. The van der Waals surface area contributed by atoms with Gasteiger partial charge in [0.15, 0.2) is 0 Å². The fourth-order valence-electron chi connectivity index (χ4n) is 1.77. The molecule has 1 rings (SSSR count). The van der Waals surface area contributed by atoms with Gasteiger partial charge in [0.25, 0.3) is 0 Å². The second-order valence-electron chi connectivity index (χ2n) is 3.64. The summed E-state index contributed by atoms with van der Waals surface area (Å²) in [5.74, 6) is 0.0165. The van der Waals surface area contributed by atoms with Crippen LogP contribution in [-0.2, 0) is 0 Å². The van der Waals surface area contributed by atoms with Crippen molar-refractivity contribution in [3.05, 3.63) is 0 Å². The highest BCUT2D eigenvalue weighted by Gasteiger charge is 2.33. The van der Waals surface area contributed by atoms with Gasteiger partial charge in [0.2, 0.25) is 0 Å². The number of hydrogen-bond acceptors (Lipinski definition) is 2. The van der Waals surface area contributed by atoms with Gasteiger partial charge in [-0.3, -0.25) is 0 Å². The van der Waals surface area contributed by atoms with Gasteiger partial charge in [-0.15, -0.1) is 0 Å². The summed E-state index contributed by atoms with van der Waals surface area (Å²) in [6.45, 7) is 1.94. The number of hydrogen-bond donors (Lipinski definition) is 1. The van der Waals surface area contributed by atoms with E-state index in [0.29, 0.717) is 0 Å². The molecule has 0 aromatic rings. The average molecular weight is 152 g/mol. The maximum Gasteiger partial charge on any atom is 0.0672 e. The largest absolute Gasteiger partial charge is 0.324 e. The second-order valence-corrected chi connectivity index (χ2v) is 3.64. The van der Waals surface area contributed by atoms with E-state index in [1.807, 2.05) is 6.92 Å². The summed E-state index contributed by atoms with van der Waals surface area (Å²) in [5, 5.41) is 8.72. The molecule has 0 heterocycles. The molecule has 0 saturated heterocycles. The monoisotopic (exact) mass is 152 g/mol. The maximum absolute atomic E-state index is 8.72. The van der Waals surface area contributed by atoms with Gasteiger partial charge in [0.05, 0.1) is 12.0 Å². The van der Waals surface area contributed by atoms with Crippen molar-refractivity contribution in [1.82, 2.24) is 0 Å². The smallest absolute Gasteiger partial charge is 0.0672 e. The molecule has 0 aromatic heterocycles. The second kappa shape index (κ2) is 3.23. The van der Waals surface area contributed by atoms with Crippen LogP contribution in [0.3, 0.4) is 0 Å². The van der Waals surface area contributed by atoms with E-state index >= 15 is 0 Å². The Hall–Kier alpha value is -0.550. The van der Waals surface area contributed by atoms with Crippen LogP contribution < -0.4 is 5.73 Å². The molecule has 1 fully saturated rings. The number of nitrogens with two attached hydrogens (primary N) is 1. The van der Waals surface area contributed by atoms with Gasteiger partial charge in [-0.25, -0.2) is 0 Å². The highest BCUT2D eigenvalue weighted by Crippen LogP contribution is 2.31. The highest BCUT2D eigenvalue weighted by atomic mass is 14.8. The Morgan fingerprint density at radius 1 is 1.36 bits per heavy atom. The zero-order chi connectivity index (χ0) is 8.32. The maximum atomic E-state index is 8.72. The summed E-state index contributed by atoms with van der Waals surface area (Å²) in [6, 6.07) is 2.25. The zero-order valence-corrected chi connectivity index (χ0v) is 7.14. The van der Waals surface area contributed by atoms with Gasteiger partial charge in [0, 0.05) is 5.54 Å². The minimum Gasteiger partial charge on any atom is -0.324 e. The molecule has 2 N–H and O–H groups in total. The molecule has 2 nitrogen and oxygen atoms in total. The van der Waals surface area contributed by atoms with Crippen LogP contribution in [0.5, 0.6) is 0 Å². The molecule has 2 heteroatoms. The third-order valence-corrected chi connectivity index (χ3v) is 2.84. The van der Waals surface area contributed by atoms with Crippen LogP contribution in [0.4, 0.5) is 0 Å². The number of nitrogens with zero attached hydrogens (tertiary/aromatic N) is 1. The first kappa shape index (κ1) is 8.55. The first-order valence-corrected chi connectivity index (χ1v) is 4.37. The van der Waals surface area contributed by atoms with Crippen LogP contribution in [0.15, 0.2) is 0 Å². The van der Waals surface area contributed by atoms with Crippen molar-refractivity contribution in [3.8, 4) is 6.07 Å². The summed E-state index contributed by atoms with van der Waals surface area (Å²) >= 11 is 0. The molecule has 62 valence electrons. The molecule has 0 bridgehead atoms. The molecule has 1 atom stereocenters. The molecular formula is C9H16N2. The van der Waals surface area contributed by atoms with E-state index in [1.165, 1.54) is 19.3 Å². The Balaban J connectivity index is 2.57. The lowest BCUT2D eigenvalue weighted by molar-refractivity contribution is 0.245. The van der Waals surface area contributed by atoms with Crippen LogP contribution in [0.1, 0.15) is 39.0 Å². The summed E-state index contributed by atoms with van der Waals surface area (Å²) in [7, 11) is 0. The molecule has 1 unspecified atom stereocenters. The van der Waals surface area contributed by atoms with Crippen molar-refractivity contribution in [1.29, 1.82) is 5.26 Å². The van der Waals surface area contributed by atoms with Crippen molar-refractivity contribution >= 4 is 0 Å². The topological polar surface area (TPSA) is 49.8 Å². The first-order chi connectivity index (χ1) is 5.19. The van der Waals surface area contributed by atoms with Crippen molar-refractivity contribution in [2.75, 3.05) is 0 Å². The predicted molar refractivity (Wildman–Crippen MR) is 44.8 cm³/mol. The molecule has 0 aliphatic heterocycles. The number of nitriles is 1. The molecule has 0 radical (unpaired) electrons. The van der Waals surface area contributed by atoms with Gasteiger partial charge in [-0.1, -0.05) is 19.3 Å². The average Bonchev–Trinajstić information content (AvgIpc) is 2.04. The van der Waals surface area contributed by atoms with Gasteiger partial charge in [0.1, 0.15) is 0 Å². The molecule has 1 aliphatic carbocycles. The van der Waals surface area contributed by atoms with Crippen molar-refractivity contribution in [2.24, 2.45) is 11.7 Å². The van der Waals surface area contributed by atoms with Gasteiger partial charge < -0.3 is 5.73 Å². The Kier molecular flexibility index (Phi) is 2.51. The van der Waals surface area contributed by atoms with Crippen LogP contribution in [0, 0.1) is 17.2 Å². The lowest BCUT2D eigenvalue weighted by Gasteiger charge is -2.35. The Labute approximate surface area is 68.4 Å². The van der Waals surface area contributed by atoms with E-state index in [0.717, 1.165) is 12.8 Å². The Morgan fingerprint density at radius 3 is 2.36 bits per heavy atom. The van der Waals surface area contributed by atoms with Crippen molar-refractivity contribution in [3.63, 3.8) is 0 Å². The Morgan fingerprint density at radius 2 is 1.91 bits per heavy atom. The SMILES string of the molecule is CC(C#N)C1(N)CCCCC1. The van der Waals surface area contributed by atoms with E-state index in [4.69, 9.17) is 11.0 Å². The van der Waals surface area contributed by atoms with Crippen LogP contribution >= 0.6 is 0 Å². The minimum absolute atomic E-state index is 0.0165. The molecule has 1 saturated carbocycles. The number of rotatable bonds is 1. The van der Waals surface area contributed by atoms with E-state index in [1.54, 1.807) is 0 Å². The molecule has 11 heavy (non-hydrogen) atoms. The first-order valence-electron chi connectivity index (χ1n) is 4.37. The van der Waals surface area contributed by atoms with E-state index in [-0.39, 0.29) is 11.5 Å². The van der Waals surface area contributed by atoms with Crippen LogP contribution in [-0.4, -0.2) is 5.54 Å². The van der Waals surface area contributed by atoms with Crippen molar-refractivity contribution < 1.29 is 0 Å². The van der Waals surface area contributed by atoms with E-state index in [2.05, 4.69) is 6.07 Å². The summed E-state index contributed by atoms with van der Waals surface area (Å²) < 4.78 is 0. The molecule has 0 spiro atoms. The fourth-order valence-corrected chi connectivity index (χ4v) is 1.77. The Bertz CT molecular complexity index is 163. The summed E-state index contributed by atoms with van der Waals surface area (Å²) in [6.07, 6.45) is 5.74. The highest BCUT2D eigenvalue weighted by molar-refractivity contribution is 5.00. The van der Waals surface area contributed by atoms with Crippen LogP contribution in [0.2, 0.25) is 0 Å². The lowest BCUT2D eigenvalue weighted by Crippen LogP contribution is -2.47. The molecule has 0 amide bonds. The predicted octanol–water partition coefficient (Wildman–Crippen LogP) is 1.81. The summed E-state index contributed by atoms with van der Waals surface area (Å²) in [4.78, 5) is 0. The molecule has 0 aromatic carbocycles. The lowest BCUT2D eigenvalue weighted by atomic mass is 9.75.